The Morgan fingerprint density at radius 2 is 1.82 bits per heavy atom. The first-order valence-electron chi connectivity index (χ1n) is 10.7. The van der Waals surface area contributed by atoms with Gasteiger partial charge in [-0.05, 0) is 19.3 Å². The number of carbonyl (C=O) groups is 7. The maximum absolute atomic E-state index is 13.3. The summed E-state index contributed by atoms with van der Waals surface area (Å²) in [4.78, 5) is 85.8. The van der Waals surface area contributed by atoms with E-state index in [9.17, 15) is 33.6 Å². The molecule has 1 unspecified atom stereocenters. The summed E-state index contributed by atoms with van der Waals surface area (Å²) in [5.41, 5.74) is 0.132. The largest absolute Gasteiger partial charge is 0.481 e. The van der Waals surface area contributed by atoms with Crippen LogP contribution < -0.4 is 10.6 Å². The Kier molecular flexibility index (Phi) is 7.71. The van der Waals surface area contributed by atoms with Gasteiger partial charge in [-0.1, -0.05) is 30.3 Å². The zero-order valence-electron chi connectivity index (χ0n) is 18.1. The number of fused-ring (bicyclic) bond motifs is 1. The number of carboxylic acids is 1. The summed E-state index contributed by atoms with van der Waals surface area (Å²) in [5.74, 6) is -5.15. The summed E-state index contributed by atoms with van der Waals surface area (Å²) in [5, 5.41) is 15.6. The number of rotatable bonds is 8. The van der Waals surface area contributed by atoms with Crippen LogP contribution in [0.3, 0.4) is 0 Å². The fourth-order valence-electron chi connectivity index (χ4n) is 3.95. The Bertz CT molecular complexity index is 1010. The summed E-state index contributed by atoms with van der Waals surface area (Å²) in [7, 11) is 0. The average Bonchev–Trinajstić information content (AvgIpc) is 2.95. The second kappa shape index (κ2) is 10.7. The maximum Gasteiger partial charge on any atom is 0.305 e. The van der Waals surface area contributed by atoms with Crippen molar-refractivity contribution in [2.24, 2.45) is 0 Å². The van der Waals surface area contributed by atoms with E-state index >= 15 is 0 Å². The minimum Gasteiger partial charge on any atom is -0.481 e. The highest BCUT2D eigenvalue weighted by molar-refractivity contribution is 6.43. The summed E-state index contributed by atoms with van der Waals surface area (Å²) < 4.78 is 0. The highest BCUT2D eigenvalue weighted by Gasteiger charge is 2.45. The van der Waals surface area contributed by atoms with Crippen LogP contribution in [0.15, 0.2) is 30.3 Å². The Balaban J connectivity index is 1.79. The number of carbonyl (C=O) groups excluding carboxylic acids is 6. The first-order valence-corrected chi connectivity index (χ1v) is 10.7. The monoisotopic (exact) mass is 472 g/mol. The lowest BCUT2D eigenvalue weighted by atomic mass is 10.0. The lowest BCUT2D eigenvalue weighted by Gasteiger charge is -2.43. The van der Waals surface area contributed by atoms with Crippen molar-refractivity contribution in [2.45, 2.75) is 50.2 Å². The molecule has 1 aromatic carbocycles. The maximum atomic E-state index is 13.3. The number of hydrazine groups is 1. The van der Waals surface area contributed by atoms with Crippen LogP contribution >= 0.6 is 0 Å². The van der Waals surface area contributed by atoms with Crippen molar-refractivity contribution in [3.05, 3.63) is 35.9 Å². The smallest absolute Gasteiger partial charge is 0.305 e. The lowest BCUT2D eigenvalue weighted by molar-refractivity contribution is -0.176. The third kappa shape index (κ3) is 5.45. The van der Waals surface area contributed by atoms with Gasteiger partial charge in [-0.2, -0.15) is 0 Å². The molecule has 180 valence electrons. The summed E-state index contributed by atoms with van der Waals surface area (Å²) in [6, 6.07) is 4.02. The number of ketones is 1. The standard InChI is InChI=1S/C22H24N4O8/c27-12-14(11-18(29)30)23-20(32)16-7-4-10-25-17(28)9-8-15(22(34)26(16)25)24-21(33)19(31)13-5-2-1-3-6-13/h1-3,5-6,12,14-16H,4,7-11H2,(H,23,32)(H,24,33)(H,29,30)/t14-,15?,16-/m0/s1. The highest BCUT2D eigenvalue weighted by Crippen LogP contribution is 2.25. The van der Waals surface area contributed by atoms with Gasteiger partial charge in [-0.15, -0.1) is 0 Å². The number of carboxylic acid groups (broad SMARTS) is 1. The van der Waals surface area contributed by atoms with Gasteiger partial charge < -0.3 is 20.5 Å². The van der Waals surface area contributed by atoms with Gasteiger partial charge in [0.15, 0.2) is 0 Å². The van der Waals surface area contributed by atoms with Gasteiger partial charge in [0.2, 0.25) is 17.6 Å². The van der Waals surface area contributed by atoms with Crippen molar-refractivity contribution in [3.8, 4) is 0 Å². The highest BCUT2D eigenvalue weighted by atomic mass is 16.4. The van der Waals surface area contributed by atoms with Crippen LogP contribution in [-0.2, 0) is 28.8 Å². The van der Waals surface area contributed by atoms with Gasteiger partial charge in [0.05, 0.1) is 12.5 Å². The van der Waals surface area contributed by atoms with E-state index < -0.39 is 59.9 Å². The number of amides is 4. The minimum atomic E-state index is -1.31. The van der Waals surface area contributed by atoms with Gasteiger partial charge in [0, 0.05) is 18.5 Å². The summed E-state index contributed by atoms with van der Waals surface area (Å²) >= 11 is 0. The van der Waals surface area contributed by atoms with Crippen LogP contribution in [0.1, 0.15) is 42.5 Å². The molecule has 12 nitrogen and oxygen atoms in total. The molecule has 2 aliphatic rings. The van der Waals surface area contributed by atoms with Gasteiger partial charge in [-0.3, -0.25) is 33.8 Å². The van der Waals surface area contributed by atoms with Gasteiger partial charge in [0.25, 0.3) is 11.8 Å². The fraction of sp³-hybridized carbons (Fsp3) is 0.409. The molecule has 0 bridgehead atoms. The van der Waals surface area contributed by atoms with Crippen LogP contribution in [0.5, 0.6) is 0 Å². The fourth-order valence-corrected chi connectivity index (χ4v) is 3.95. The first-order chi connectivity index (χ1) is 16.2. The molecule has 4 amide bonds. The van der Waals surface area contributed by atoms with Crippen LogP contribution in [0.2, 0.25) is 0 Å². The molecule has 2 fully saturated rings. The van der Waals surface area contributed by atoms with Gasteiger partial charge in [-0.25, -0.2) is 5.01 Å². The number of hydrogen-bond acceptors (Lipinski definition) is 7. The van der Waals surface area contributed by atoms with E-state index in [4.69, 9.17) is 5.11 Å². The van der Waals surface area contributed by atoms with E-state index in [1.807, 2.05) is 0 Å². The molecule has 2 heterocycles. The van der Waals surface area contributed by atoms with Gasteiger partial charge >= 0.3 is 5.97 Å². The molecule has 12 heteroatoms. The molecule has 2 saturated heterocycles. The molecule has 3 N–H and O–H groups in total. The molecule has 2 aliphatic heterocycles. The second-order valence-electron chi connectivity index (χ2n) is 7.97. The summed E-state index contributed by atoms with van der Waals surface area (Å²) in [6.07, 6.45) is 0.0182. The molecule has 1 aromatic rings. The van der Waals surface area contributed by atoms with Crippen molar-refractivity contribution in [2.75, 3.05) is 6.54 Å². The number of aldehydes is 1. The molecule has 0 aromatic heterocycles. The van der Waals surface area contributed by atoms with Crippen molar-refractivity contribution in [1.82, 2.24) is 20.7 Å². The van der Waals surface area contributed by atoms with E-state index in [1.165, 1.54) is 12.1 Å². The molecule has 34 heavy (non-hydrogen) atoms. The van der Waals surface area contributed by atoms with Gasteiger partial charge in [0.1, 0.15) is 18.4 Å². The number of nitrogens with one attached hydrogen (secondary N) is 2. The molecule has 3 atom stereocenters. The normalized spacial score (nSPS) is 21.1. The van der Waals surface area contributed by atoms with Crippen LogP contribution in [0, 0.1) is 0 Å². The number of aliphatic carboxylic acids is 1. The van der Waals surface area contributed by atoms with E-state index in [-0.39, 0.29) is 37.7 Å². The Morgan fingerprint density at radius 3 is 2.47 bits per heavy atom. The molecular weight excluding hydrogens is 448 g/mol. The van der Waals surface area contributed by atoms with Crippen LogP contribution in [-0.4, -0.2) is 81.5 Å². The molecular formula is C22H24N4O8. The Morgan fingerprint density at radius 1 is 1.12 bits per heavy atom. The lowest BCUT2D eigenvalue weighted by Crippen LogP contribution is -2.64. The third-order valence-electron chi connectivity index (χ3n) is 5.60. The van der Waals surface area contributed by atoms with Crippen LogP contribution in [0.4, 0.5) is 0 Å². The molecule has 3 rings (SSSR count). The zero-order chi connectivity index (χ0) is 24.8. The van der Waals surface area contributed by atoms with Crippen molar-refractivity contribution < 1.29 is 38.7 Å². The molecule has 0 aliphatic carbocycles. The van der Waals surface area contributed by atoms with E-state index in [1.54, 1.807) is 18.2 Å². The van der Waals surface area contributed by atoms with Crippen molar-refractivity contribution in [3.63, 3.8) is 0 Å². The van der Waals surface area contributed by atoms with E-state index in [2.05, 4.69) is 10.6 Å². The van der Waals surface area contributed by atoms with Crippen molar-refractivity contribution >= 4 is 41.7 Å². The third-order valence-corrected chi connectivity index (χ3v) is 5.60. The first kappa shape index (κ1) is 24.6. The Labute approximate surface area is 194 Å². The van der Waals surface area contributed by atoms with Crippen molar-refractivity contribution in [1.29, 1.82) is 0 Å². The van der Waals surface area contributed by atoms with E-state index in [0.29, 0.717) is 6.42 Å². The SMILES string of the molecule is O=C[C@H](CC(=O)O)NC(=O)[C@@H]1CCCN2C(=O)CCC(NC(=O)C(=O)c3ccccc3)C(=O)N12. The van der Waals surface area contributed by atoms with Crippen LogP contribution in [0.25, 0.3) is 0 Å². The number of hydrogen-bond donors (Lipinski definition) is 3. The second-order valence-corrected chi connectivity index (χ2v) is 7.97. The molecule has 0 radical (unpaired) electrons. The predicted molar refractivity (Wildman–Crippen MR) is 114 cm³/mol. The predicted octanol–water partition coefficient (Wildman–Crippen LogP) is -0.959. The average molecular weight is 472 g/mol. The summed E-state index contributed by atoms with van der Waals surface area (Å²) in [6.45, 7) is 0.171. The number of Topliss-reactive ketones (excluding diaryl/α,β-unsaturated/α-hetero) is 1. The molecule has 0 saturated carbocycles. The topological polar surface area (TPSA) is 170 Å². The number of benzene rings is 1. The minimum absolute atomic E-state index is 0.0667. The quantitative estimate of drug-likeness (QED) is 0.247. The molecule has 0 spiro atoms. The zero-order valence-corrected chi connectivity index (χ0v) is 18.1. The Hall–Kier alpha value is -4.09. The van der Waals surface area contributed by atoms with E-state index in [0.717, 1.165) is 10.0 Å². The number of nitrogens with zero attached hydrogens (tertiary/aromatic N) is 2.